The van der Waals surface area contributed by atoms with E-state index >= 15 is 0 Å². The van der Waals surface area contributed by atoms with E-state index in [9.17, 15) is 5.11 Å². The molecule has 6 heteroatoms. The molecule has 0 radical (unpaired) electrons. The molecule has 0 amide bonds. The fraction of sp³-hybridized carbons (Fsp3) is 0.467. The second-order valence-corrected chi connectivity index (χ2v) is 6.33. The molecule has 1 heterocycles. The third kappa shape index (κ3) is 3.16. The topological polar surface area (TPSA) is 44.8 Å². The number of nitrogens with zero attached hydrogens (tertiary/aromatic N) is 3. The fourth-order valence-electron chi connectivity index (χ4n) is 2.86. The average Bonchev–Trinajstić information content (AvgIpc) is 2.67. The van der Waals surface area contributed by atoms with Crippen molar-refractivity contribution in [3.05, 3.63) is 34.4 Å². The number of rotatable bonds is 2. The Hall–Kier alpha value is -1.26. The summed E-state index contributed by atoms with van der Waals surface area (Å²) in [5, 5.41) is 17.6. The van der Waals surface area contributed by atoms with Gasteiger partial charge in [0.1, 0.15) is 18.1 Å². The van der Waals surface area contributed by atoms with Crippen LogP contribution in [0.2, 0.25) is 10.0 Å². The van der Waals surface area contributed by atoms with Gasteiger partial charge in [-0.15, -0.1) is 9.36 Å². The maximum absolute atomic E-state index is 12.2. The third-order valence-corrected chi connectivity index (χ3v) is 4.52. The molecule has 0 saturated heterocycles. The van der Waals surface area contributed by atoms with Gasteiger partial charge in [-0.25, -0.2) is 0 Å². The first kappa shape index (κ1) is 14.7. The van der Waals surface area contributed by atoms with Crippen LogP contribution in [0.3, 0.4) is 0 Å². The molecule has 112 valence electrons. The minimum atomic E-state index is -0.163. The van der Waals surface area contributed by atoms with Gasteiger partial charge in [-0.3, -0.25) is 0 Å². The summed E-state index contributed by atoms with van der Waals surface area (Å²) >= 11 is 12.1. The zero-order valence-corrected chi connectivity index (χ0v) is 13.1. The summed E-state index contributed by atoms with van der Waals surface area (Å²) in [5.74, 6) is -0.163. The minimum absolute atomic E-state index is 0.163. The predicted molar refractivity (Wildman–Crippen MR) is 80.0 cm³/mol. The molecular weight excluding hydrogens is 309 g/mol. The van der Waals surface area contributed by atoms with E-state index in [0.717, 1.165) is 12.8 Å². The molecule has 3 rings (SSSR count). The van der Waals surface area contributed by atoms with Crippen molar-refractivity contribution in [2.24, 2.45) is 0 Å². The number of halogens is 2. The summed E-state index contributed by atoms with van der Waals surface area (Å²) in [7, 11) is 0. The van der Waals surface area contributed by atoms with Crippen LogP contribution in [-0.4, -0.2) is 9.90 Å². The Labute approximate surface area is 133 Å². The van der Waals surface area contributed by atoms with Gasteiger partial charge in [0.15, 0.2) is 5.69 Å². The highest BCUT2D eigenvalue weighted by Gasteiger charge is 2.23. The van der Waals surface area contributed by atoms with Crippen LogP contribution < -0.4 is 9.79 Å². The van der Waals surface area contributed by atoms with E-state index in [1.165, 1.54) is 30.4 Å². The normalized spacial score (nSPS) is 16.9. The van der Waals surface area contributed by atoms with Gasteiger partial charge in [0.05, 0.1) is 10.2 Å². The lowest BCUT2D eigenvalue weighted by molar-refractivity contribution is -0.779. The van der Waals surface area contributed by atoms with E-state index in [4.69, 9.17) is 23.2 Å². The van der Waals surface area contributed by atoms with Crippen LogP contribution in [0.1, 0.15) is 44.6 Å². The monoisotopic (exact) mass is 325 g/mol. The standard InChI is InChI=1S/C15H17Cl2N3O/c16-11-7-8-14(13(17)9-11)20-15(21)10-19(18-20)12-5-3-1-2-4-6-12/h7-10,12H,1-6H2. The molecule has 1 aliphatic carbocycles. The lowest BCUT2D eigenvalue weighted by Gasteiger charge is -2.07. The summed E-state index contributed by atoms with van der Waals surface area (Å²) in [6, 6.07) is 5.36. The van der Waals surface area contributed by atoms with Crippen molar-refractivity contribution < 1.29 is 9.79 Å². The van der Waals surface area contributed by atoms with Crippen LogP contribution in [0.5, 0.6) is 5.88 Å². The SMILES string of the molecule is [O-]c1c[n+](C2CCCCCC2)nn1-c1ccc(Cl)cc1Cl. The molecule has 1 aromatic heterocycles. The quantitative estimate of drug-likeness (QED) is 0.627. The van der Waals surface area contributed by atoms with Crippen LogP contribution in [0, 0.1) is 0 Å². The van der Waals surface area contributed by atoms with Gasteiger partial charge in [0.25, 0.3) is 0 Å². The fourth-order valence-corrected chi connectivity index (χ4v) is 3.35. The smallest absolute Gasteiger partial charge is 0.173 e. The van der Waals surface area contributed by atoms with Gasteiger partial charge >= 0.3 is 0 Å². The lowest BCUT2D eigenvalue weighted by atomic mass is 10.1. The van der Waals surface area contributed by atoms with Gasteiger partial charge in [0, 0.05) is 5.02 Å². The van der Waals surface area contributed by atoms with Gasteiger partial charge in [-0.1, -0.05) is 36.0 Å². The number of aromatic nitrogens is 3. The Morgan fingerprint density at radius 2 is 1.86 bits per heavy atom. The Morgan fingerprint density at radius 1 is 1.14 bits per heavy atom. The molecular formula is C15H17Cl2N3O. The van der Waals surface area contributed by atoms with Crippen LogP contribution in [0.15, 0.2) is 24.4 Å². The molecule has 1 fully saturated rings. The molecule has 0 bridgehead atoms. The van der Waals surface area contributed by atoms with Crippen LogP contribution in [0.25, 0.3) is 5.69 Å². The van der Waals surface area contributed by atoms with E-state index in [0.29, 0.717) is 21.8 Å². The van der Waals surface area contributed by atoms with E-state index in [2.05, 4.69) is 5.21 Å². The summed E-state index contributed by atoms with van der Waals surface area (Å²) in [6.07, 6.45) is 8.66. The van der Waals surface area contributed by atoms with Gasteiger partial charge < -0.3 is 5.11 Å². The molecule has 2 aromatic rings. The molecule has 0 unspecified atom stereocenters. The van der Waals surface area contributed by atoms with E-state index in [1.54, 1.807) is 29.1 Å². The lowest BCUT2D eigenvalue weighted by Crippen LogP contribution is -2.41. The third-order valence-electron chi connectivity index (χ3n) is 3.98. The first-order chi connectivity index (χ1) is 10.1. The second-order valence-electron chi connectivity index (χ2n) is 5.49. The maximum atomic E-state index is 12.2. The Balaban J connectivity index is 1.93. The predicted octanol–water partition coefficient (Wildman–Crippen LogP) is 3.44. The van der Waals surface area contributed by atoms with E-state index < -0.39 is 0 Å². The van der Waals surface area contributed by atoms with Gasteiger partial charge in [0.2, 0.25) is 0 Å². The molecule has 1 aliphatic rings. The van der Waals surface area contributed by atoms with Crippen LogP contribution >= 0.6 is 23.2 Å². The Kier molecular flexibility index (Phi) is 4.36. The van der Waals surface area contributed by atoms with Crippen molar-refractivity contribution in [2.75, 3.05) is 0 Å². The van der Waals surface area contributed by atoms with Crippen molar-refractivity contribution in [3.8, 4) is 11.6 Å². The van der Waals surface area contributed by atoms with Crippen molar-refractivity contribution in [1.82, 2.24) is 9.90 Å². The summed E-state index contributed by atoms with van der Waals surface area (Å²) in [4.78, 5) is 0. The van der Waals surface area contributed by atoms with Crippen molar-refractivity contribution in [3.63, 3.8) is 0 Å². The highest BCUT2D eigenvalue weighted by atomic mass is 35.5. The molecule has 0 spiro atoms. The van der Waals surface area contributed by atoms with Crippen LogP contribution in [-0.2, 0) is 0 Å². The summed E-state index contributed by atoms with van der Waals surface area (Å²) in [6.45, 7) is 0. The van der Waals surface area contributed by atoms with Crippen molar-refractivity contribution in [1.29, 1.82) is 0 Å². The van der Waals surface area contributed by atoms with Crippen LogP contribution in [0.4, 0.5) is 0 Å². The van der Waals surface area contributed by atoms with Crippen molar-refractivity contribution >= 4 is 23.2 Å². The number of hydrogen-bond acceptors (Lipinski definition) is 2. The first-order valence-corrected chi connectivity index (χ1v) is 8.04. The number of benzene rings is 1. The zero-order chi connectivity index (χ0) is 14.8. The summed E-state index contributed by atoms with van der Waals surface area (Å²) in [5.41, 5.74) is 0.568. The second kappa shape index (κ2) is 6.24. The number of hydrogen-bond donors (Lipinski definition) is 0. The zero-order valence-electron chi connectivity index (χ0n) is 11.6. The molecule has 0 aliphatic heterocycles. The molecule has 0 N–H and O–H groups in total. The highest BCUT2D eigenvalue weighted by Crippen LogP contribution is 2.27. The van der Waals surface area contributed by atoms with Gasteiger partial charge in [-0.2, -0.15) is 0 Å². The van der Waals surface area contributed by atoms with E-state index in [1.807, 2.05) is 0 Å². The largest absolute Gasteiger partial charge is 0.838 e. The van der Waals surface area contributed by atoms with Crippen molar-refractivity contribution in [2.45, 2.75) is 44.6 Å². The Morgan fingerprint density at radius 3 is 2.52 bits per heavy atom. The Bertz CT molecular complexity index is 634. The van der Waals surface area contributed by atoms with Gasteiger partial charge in [-0.05, 0) is 43.9 Å². The molecule has 21 heavy (non-hydrogen) atoms. The average molecular weight is 326 g/mol. The highest BCUT2D eigenvalue weighted by molar-refractivity contribution is 6.35. The summed E-state index contributed by atoms with van der Waals surface area (Å²) < 4.78 is 3.15. The molecule has 1 saturated carbocycles. The maximum Gasteiger partial charge on any atom is 0.173 e. The molecule has 1 aromatic carbocycles. The molecule has 4 nitrogen and oxygen atoms in total. The first-order valence-electron chi connectivity index (χ1n) is 7.29. The minimum Gasteiger partial charge on any atom is -0.838 e. The molecule has 0 atom stereocenters. The van der Waals surface area contributed by atoms with E-state index in [-0.39, 0.29) is 5.88 Å².